The van der Waals surface area contributed by atoms with Gasteiger partial charge in [0.1, 0.15) is 4.99 Å². The Morgan fingerprint density at radius 2 is 2.32 bits per heavy atom. The van der Waals surface area contributed by atoms with E-state index in [1.807, 2.05) is 25.1 Å². The minimum Gasteiger partial charge on any atom is -0.394 e. The van der Waals surface area contributed by atoms with Gasteiger partial charge in [-0.05, 0) is 41.1 Å². The Kier molecular flexibility index (Phi) is 4.78. The molecule has 0 bridgehead atoms. The fraction of sp³-hybridized carbons (Fsp3) is 0.462. The zero-order valence-corrected chi connectivity index (χ0v) is 13.1. The number of hydrogen-bond donors (Lipinski definition) is 2. The van der Waals surface area contributed by atoms with Crippen LogP contribution in [0.4, 0.5) is 5.69 Å². The second kappa shape index (κ2) is 6.17. The van der Waals surface area contributed by atoms with E-state index in [-0.39, 0.29) is 18.8 Å². The molecule has 4 nitrogen and oxygen atoms in total. The van der Waals surface area contributed by atoms with Gasteiger partial charge in [0.25, 0.3) is 0 Å². The first-order valence-electron chi connectivity index (χ1n) is 6.12. The van der Waals surface area contributed by atoms with E-state index in [9.17, 15) is 5.11 Å². The van der Waals surface area contributed by atoms with Crippen LogP contribution in [0.15, 0.2) is 22.7 Å². The summed E-state index contributed by atoms with van der Waals surface area (Å²) in [7, 11) is 0. The van der Waals surface area contributed by atoms with Crippen LogP contribution in [0.5, 0.6) is 0 Å². The number of aliphatic hydroxyl groups is 1. The summed E-state index contributed by atoms with van der Waals surface area (Å²) < 4.78 is 6.52. The van der Waals surface area contributed by atoms with Crippen molar-refractivity contribution in [3.05, 3.63) is 28.2 Å². The fourth-order valence-corrected chi connectivity index (χ4v) is 3.15. The maximum Gasteiger partial charge on any atom is 0.105 e. The summed E-state index contributed by atoms with van der Waals surface area (Å²) in [6.07, 6.45) is -0.0438. The van der Waals surface area contributed by atoms with Gasteiger partial charge in [-0.2, -0.15) is 0 Å². The molecular weight excluding hydrogens is 328 g/mol. The highest BCUT2D eigenvalue weighted by Crippen LogP contribution is 2.26. The second-order valence-corrected chi connectivity index (χ2v) is 5.98. The minimum absolute atomic E-state index is 0.0347. The van der Waals surface area contributed by atoms with Crippen molar-refractivity contribution in [1.82, 2.24) is 0 Å². The van der Waals surface area contributed by atoms with Crippen LogP contribution < -0.4 is 10.6 Å². The standard InChI is InChI=1S/C13H17BrN2O2S/c1-8-5-16(6-10(7-17)18-8)9-2-3-11(13(15)19)12(14)4-9/h2-4,8,10,17H,5-7H2,1H3,(H2,15,19). The first-order chi connectivity index (χ1) is 9.01. The molecule has 1 aliphatic heterocycles. The zero-order chi connectivity index (χ0) is 14.0. The van der Waals surface area contributed by atoms with E-state index >= 15 is 0 Å². The molecule has 3 N–H and O–H groups in total. The molecule has 2 unspecified atom stereocenters. The highest BCUT2D eigenvalue weighted by molar-refractivity contribution is 9.10. The van der Waals surface area contributed by atoms with Crippen molar-refractivity contribution >= 4 is 38.8 Å². The molecule has 2 rings (SSSR count). The molecule has 0 aliphatic carbocycles. The Bertz CT molecular complexity index is 484. The number of nitrogens with two attached hydrogens (primary N) is 1. The topological polar surface area (TPSA) is 58.7 Å². The van der Waals surface area contributed by atoms with Gasteiger partial charge in [-0.25, -0.2) is 0 Å². The number of morpholine rings is 1. The predicted octanol–water partition coefficient (Wildman–Crippen LogP) is 1.67. The van der Waals surface area contributed by atoms with E-state index in [0.717, 1.165) is 22.3 Å². The maximum atomic E-state index is 9.25. The van der Waals surface area contributed by atoms with Crippen LogP contribution in [-0.2, 0) is 4.74 Å². The van der Waals surface area contributed by atoms with Crippen molar-refractivity contribution in [2.24, 2.45) is 5.73 Å². The summed E-state index contributed by atoms with van der Waals surface area (Å²) in [6, 6.07) is 5.91. The fourth-order valence-electron chi connectivity index (χ4n) is 2.26. The molecule has 1 aliphatic rings. The largest absolute Gasteiger partial charge is 0.394 e. The Morgan fingerprint density at radius 1 is 1.58 bits per heavy atom. The van der Waals surface area contributed by atoms with Gasteiger partial charge >= 0.3 is 0 Å². The van der Waals surface area contributed by atoms with Gasteiger partial charge in [-0.1, -0.05) is 12.2 Å². The average Bonchev–Trinajstić information content (AvgIpc) is 2.37. The van der Waals surface area contributed by atoms with E-state index in [1.165, 1.54) is 0 Å². The monoisotopic (exact) mass is 344 g/mol. The number of thiocarbonyl (C=S) groups is 1. The van der Waals surface area contributed by atoms with Gasteiger partial charge in [0.05, 0.1) is 18.8 Å². The molecule has 104 valence electrons. The maximum absolute atomic E-state index is 9.25. The van der Waals surface area contributed by atoms with Gasteiger partial charge in [0.15, 0.2) is 0 Å². The van der Waals surface area contributed by atoms with Crippen molar-refractivity contribution in [2.45, 2.75) is 19.1 Å². The molecule has 19 heavy (non-hydrogen) atoms. The van der Waals surface area contributed by atoms with Gasteiger partial charge < -0.3 is 20.5 Å². The van der Waals surface area contributed by atoms with Crippen LogP contribution in [0.3, 0.4) is 0 Å². The van der Waals surface area contributed by atoms with Crippen LogP contribution in [0.25, 0.3) is 0 Å². The number of hydrogen-bond acceptors (Lipinski definition) is 4. The van der Waals surface area contributed by atoms with E-state index in [0.29, 0.717) is 11.5 Å². The molecule has 1 aromatic rings. The smallest absolute Gasteiger partial charge is 0.105 e. The number of nitrogens with zero attached hydrogens (tertiary/aromatic N) is 1. The van der Waals surface area contributed by atoms with Crippen LogP contribution in [0.1, 0.15) is 12.5 Å². The lowest BCUT2D eigenvalue weighted by Crippen LogP contribution is -2.48. The van der Waals surface area contributed by atoms with Gasteiger partial charge in [0.2, 0.25) is 0 Å². The lowest BCUT2D eigenvalue weighted by molar-refractivity contribution is -0.0421. The summed E-state index contributed by atoms with van der Waals surface area (Å²) in [6.45, 7) is 3.52. The molecule has 0 radical (unpaired) electrons. The SMILES string of the molecule is CC1CN(c2ccc(C(N)=S)c(Br)c2)CC(CO)O1. The molecule has 2 atom stereocenters. The number of halogens is 1. The molecule has 0 aromatic heterocycles. The van der Waals surface area contributed by atoms with Crippen molar-refractivity contribution < 1.29 is 9.84 Å². The van der Waals surface area contributed by atoms with Crippen LogP contribution in [0, 0.1) is 0 Å². The number of ether oxygens (including phenoxy) is 1. The van der Waals surface area contributed by atoms with E-state index in [4.69, 9.17) is 22.7 Å². The van der Waals surface area contributed by atoms with E-state index in [1.54, 1.807) is 0 Å². The Hall–Kier alpha value is -0.690. The summed E-state index contributed by atoms with van der Waals surface area (Å²) >= 11 is 8.47. The molecule has 0 amide bonds. The Labute approximate surface area is 126 Å². The third kappa shape index (κ3) is 3.45. The molecule has 0 spiro atoms. The van der Waals surface area contributed by atoms with Crippen LogP contribution in [0.2, 0.25) is 0 Å². The predicted molar refractivity (Wildman–Crippen MR) is 83.7 cm³/mol. The minimum atomic E-state index is -0.141. The third-order valence-electron chi connectivity index (χ3n) is 3.11. The lowest BCUT2D eigenvalue weighted by atomic mass is 10.1. The van der Waals surface area contributed by atoms with Gasteiger partial charge in [-0.3, -0.25) is 0 Å². The molecule has 1 saturated heterocycles. The summed E-state index contributed by atoms with van der Waals surface area (Å²) in [5.41, 5.74) is 7.55. The van der Waals surface area contributed by atoms with Crippen molar-refractivity contribution in [2.75, 3.05) is 24.6 Å². The highest BCUT2D eigenvalue weighted by Gasteiger charge is 2.25. The lowest BCUT2D eigenvalue weighted by Gasteiger charge is -2.37. The first kappa shape index (κ1) is 14.7. The Morgan fingerprint density at radius 3 is 2.89 bits per heavy atom. The number of rotatable bonds is 3. The van der Waals surface area contributed by atoms with E-state index < -0.39 is 0 Å². The Balaban J connectivity index is 2.21. The quantitative estimate of drug-likeness (QED) is 0.817. The van der Waals surface area contributed by atoms with Crippen LogP contribution in [-0.4, -0.2) is 42.0 Å². The highest BCUT2D eigenvalue weighted by atomic mass is 79.9. The number of anilines is 1. The molecular formula is C13H17BrN2O2S. The van der Waals surface area contributed by atoms with Crippen molar-refractivity contribution in [3.63, 3.8) is 0 Å². The van der Waals surface area contributed by atoms with Crippen molar-refractivity contribution in [1.29, 1.82) is 0 Å². The summed E-state index contributed by atoms with van der Waals surface area (Å²) in [5, 5.41) is 9.25. The van der Waals surface area contributed by atoms with Gasteiger partial charge in [0, 0.05) is 28.8 Å². The molecule has 1 fully saturated rings. The van der Waals surface area contributed by atoms with E-state index in [2.05, 4.69) is 20.8 Å². The second-order valence-electron chi connectivity index (χ2n) is 4.68. The number of benzene rings is 1. The third-order valence-corrected chi connectivity index (χ3v) is 3.99. The zero-order valence-electron chi connectivity index (χ0n) is 10.7. The number of aliphatic hydroxyl groups excluding tert-OH is 1. The molecule has 0 saturated carbocycles. The summed E-state index contributed by atoms with van der Waals surface area (Å²) in [4.78, 5) is 2.57. The summed E-state index contributed by atoms with van der Waals surface area (Å²) in [5.74, 6) is 0. The first-order valence-corrected chi connectivity index (χ1v) is 7.32. The molecule has 6 heteroatoms. The van der Waals surface area contributed by atoms with Crippen LogP contribution >= 0.6 is 28.1 Å². The average molecular weight is 345 g/mol. The molecule has 1 heterocycles. The van der Waals surface area contributed by atoms with Gasteiger partial charge in [-0.15, -0.1) is 0 Å². The normalized spacial score (nSPS) is 23.4. The van der Waals surface area contributed by atoms with Crippen molar-refractivity contribution in [3.8, 4) is 0 Å². The molecule has 1 aromatic carbocycles.